The molecule has 2 rings (SSSR count). The van der Waals surface area contributed by atoms with Crippen LogP contribution in [-0.4, -0.2) is 16.2 Å². The highest BCUT2D eigenvalue weighted by Gasteiger charge is 2.51. The van der Waals surface area contributed by atoms with Crippen molar-refractivity contribution in [3.05, 3.63) is 29.3 Å². The van der Waals surface area contributed by atoms with Gasteiger partial charge in [-0.1, -0.05) is 13.0 Å². The average Bonchev–Trinajstić information content (AvgIpc) is 2.97. The standard InChI is InChI=1S/C12H14O3/c1-2-8-5-9(7-10(13)6-8)12(3-4-12)11(14)15/h5-7,13H,2-4H2,1H3,(H,14,15). The summed E-state index contributed by atoms with van der Waals surface area (Å²) in [5, 5.41) is 18.6. The van der Waals surface area contributed by atoms with Crippen molar-refractivity contribution in [1.82, 2.24) is 0 Å². The number of aliphatic carboxylic acids is 1. The first-order valence-electron chi connectivity index (χ1n) is 5.15. The van der Waals surface area contributed by atoms with Crippen LogP contribution in [0, 0.1) is 0 Å². The van der Waals surface area contributed by atoms with E-state index in [-0.39, 0.29) is 5.75 Å². The Labute approximate surface area is 88.4 Å². The van der Waals surface area contributed by atoms with Crippen LogP contribution in [0.4, 0.5) is 0 Å². The fraction of sp³-hybridized carbons (Fsp3) is 0.417. The van der Waals surface area contributed by atoms with Crippen LogP contribution >= 0.6 is 0 Å². The molecule has 15 heavy (non-hydrogen) atoms. The first-order chi connectivity index (χ1) is 7.08. The second-order valence-corrected chi connectivity index (χ2v) is 4.13. The smallest absolute Gasteiger partial charge is 0.314 e. The fourth-order valence-corrected chi connectivity index (χ4v) is 1.91. The molecule has 1 fully saturated rings. The van der Waals surface area contributed by atoms with Gasteiger partial charge < -0.3 is 10.2 Å². The van der Waals surface area contributed by atoms with Crippen molar-refractivity contribution >= 4 is 5.97 Å². The number of aryl methyl sites for hydroxylation is 1. The lowest BCUT2D eigenvalue weighted by atomic mass is 9.93. The molecular formula is C12H14O3. The molecule has 0 heterocycles. The zero-order valence-corrected chi connectivity index (χ0v) is 8.66. The summed E-state index contributed by atoms with van der Waals surface area (Å²) in [5.41, 5.74) is 1.01. The summed E-state index contributed by atoms with van der Waals surface area (Å²) < 4.78 is 0. The minimum Gasteiger partial charge on any atom is -0.508 e. The van der Waals surface area contributed by atoms with Gasteiger partial charge in [0.05, 0.1) is 5.41 Å². The first kappa shape index (κ1) is 10.0. The third-order valence-corrected chi connectivity index (χ3v) is 3.10. The number of carboxylic acids is 1. The minimum atomic E-state index is -0.782. The Bertz CT molecular complexity index is 405. The van der Waals surface area contributed by atoms with Crippen molar-refractivity contribution in [2.75, 3.05) is 0 Å². The van der Waals surface area contributed by atoms with E-state index in [1.54, 1.807) is 12.1 Å². The normalized spacial score (nSPS) is 17.4. The highest BCUT2D eigenvalue weighted by Crippen LogP contribution is 2.49. The minimum absolute atomic E-state index is 0.164. The summed E-state index contributed by atoms with van der Waals surface area (Å²) in [7, 11) is 0. The van der Waals surface area contributed by atoms with Crippen LogP contribution in [0.5, 0.6) is 5.75 Å². The molecule has 1 aliphatic carbocycles. The van der Waals surface area contributed by atoms with Crippen molar-refractivity contribution in [1.29, 1.82) is 0 Å². The van der Waals surface area contributed by atoms with Crippen LogP contribution in [0.25, 0.3) is 0 Å². The Hall–Kier alpha value is -1.51. The molecule has 0 aliphatic heterocycles. The number of carbonyl (C=O) groups is 1. The van der Waals surface area contributed by atoms with E-state index in [1.807, 2.05) is 13.0 Å². The van der Waals surface area contributed by atoms with Crippen molar-refractivity contribution in [3.8, 4) is 5.75 Å². The van der Waals surface area contributed by atoms with Crippen LogP contribution in [0.1, 0.15) is 30.9 Å². The Morgan fingerprint density at radius 2 is 2.07 bits per heavy atom. The molecule has 80 valence electrons. The number of rotatable bonds is 3. The Kier molecular flexibility index (Phi) is 2.18. The number of hydrogen-bond acceptors (Lipinski definition) is 2. The lowest BCUT2D eigenvalue weighted by Gasteiger charge is -2.12. The molecule has 0 bridgehead atoms. The van der Waals surface area contributed by atoms with Gasteiger partial charge in [-0.05, 0) is 42.5 Å². The third kappa shape index (κ3) is 1.58. The van der Waals surface area contributed by atoms with Gasteiger partial charge in [0.2, 0.25) is 0 Å². The molecule has 0 amide bonds. The Balaban J connectivity index is 2.44. The fourth-order valence-electron chi connectivity index (χ4n) is 1.91. The molecule has 0 spiro atoms. The molecule has 1 saturated carbocycles. The van der Waals surface area contributed by atoms with E-state index in [2.05, 4.69) is 0 Å². The predicted molar refractivity (Wildman–Crippen MR) is 56.0 cm³/mol. The lowest BCUT2D eigenvalue weighted by Crippen LogP contribution is -2.19. The number of carboxylic acid groups (broad SMARTS) is 1. The second kappa shape index (κ2) is 3.26. The summed E-state index contributed by atoms with van der Waals surface area (Å²) >= 11 is 0. The summed E-state index contributed by atoms with van der Waals surface area (Å²) in [6, 6.07) is 5.14. The topological polar surface area (TPSA) is 57.5 Å². The largest absolute Gasteiger partial charge is 0.508 e. The van der Waals surface area contributed by atoms with E-state index in [0.29, 0.717) is 12.8 Å². The zero-order valence-electron chi connectivity index (χ0n) is 8.66. The van der Waals surface area contributed by atoms with Gasteiger partial charge in [0, 0.05) is 0 Å². The lowest BCUT2D eigenvalue weighted by molar-refractivity contribution is -0.140. The second-order valence-electron chi connectivity index (χ2n) is 4.13. The number of phenols is 1. The molecule has 1 aromatic carbocycles. The van der Waals surface area contributed by atoms with Gasteiger partial charge >= 0.3 is 5.97 Å². The molecule has 0 saturated heterocycles. The van der Waals surface area contributed by atoms with E-state index in [4.69, 9.17) is 5.11 Å². The van der Waals surface area contributed by atoms with Crippen molar-refractivity contribution in [3.63, 3.8) is 0 Å². The molecule has 0 atom stereocenters. The van der Waals surface area contributed by atoms with Gasteiger partial charge in [0.1, 0.15) is 5.75 Å². The van der Waals surface area contributed by atoms with E-state index in [1.165, 1.54) is 0 Å². The highest BCUT2D eigenvalue weighted by atomic mass is 16.4. The zero-order chi connectivity index (χ0) is 11.1. The number of phenolic OH excluding ortho intramolecular Hbond substituents is 1. The van der Waals surface area contributed by atoms with Crippen LogP contribution in [0.2, 0.25) is 0 Å². The van der Waals surface area contributed by atoms with Crippen molar-refractivity contribution in [2.45, 2.75) is 31.6 Å². The van der Waals surface area contributed by atoms with Crippen LogP contribution in [-0.2, 0) is 16.6 Å². The van der Waals surface area contributed by atoms with Crippen molar-refractivity contribution < 1.29 is 15.0 Å². The van der Waals surface area contributed by atoms with E-state index < -0.39 is 11.4 Å². The van der Waals surface area contributed by atoms with Gasteiger partial charge in [0.25, 0.3) is 0 Å². The molecular weight excluding hydrogens is 192 g/mol. The van der Waals surface area contributed by atoms with Crippen molar-refractivity contribution in [2.24, 2.45) is 0 Å². The van der Waals surface area contributed by atoms with Crippen LogP contribution < -0.4 is 0 Å². The first-order valence-corrected chi connectivity index (χ1v) is 5.15. The van der Waals surface area contributed by atoms with E-state index in [9.17, 15) is 9.90 Å². The average molecular weight is 206 g/mol. The molecule has 1 aliphatic rings. The summed E-state index contributed by atoms with van der Waals surface area (Å²) in [6.45, 7) is 1.99. The van der Waals surface area contributed by atoms with E-state index in [0.717, 1.165) is 17.5 Å². The summed E-state index contributed by atoms with van der Waals surface area (Å²) in [6.07, 6.45) is 2.15. The predicted octanol–water partition coefficient (Wildman–Crippen LogP) is 2.07. The highest BCUT2D eigenvalue weighted by molar-refractivity contribution is 5.85. The quantitative estimate of drug-likeness (QED) is 0.796. The molecule has 3 heteroatoms. The molecule has 0 unspecified atom stereocenters. The van der Waals surface area contributed by atoms with Gasteiger partial charge in [-0.25, -0.2) is 0 Å². The summed E-state index contributed by atoms with van der Waals surface area (Å²) in [5.74, 6) is -0.618. The molecule has 0 radical (unpaired) electrons. The monoisotopic (exact) mass is 206 g/mol. The van der Waals surface area contributed by atoms with Gasteiger partial charge in [-0.2, -0.15) is 0 Å². The number of hydrogen-bond donors (Lipinski definition) is 2. The third-order valence-electron chi connectivity index (χ3n) is 3.10. The van der Waals surface area contributed by atoms with Gasteiger partial charge in [-0.3, -0.25) is 4.79 Å². The maximum Gasteiger partial charge on any atom is 0.314 e. The van der Waals surface area contributed by atoms with Crippen LogP contribution in [0.3, 0.4) is 0 Å². The molecule has 1 aromatic rings. The maximum absolute atomic E-state index is 11.1. The summed E-state index contributed by atoms with van der Waals surface area (Å²) in [4.78, 5) is 11.1. The SMILES string of the molecule is CCc1cc(O)cc(C2(C(=O)O)CC2)c1. The van der Waals surface area contributed by atoms with E-state index >= 15 is 0 Å². The number of aromatic hydroxyl groups is 1. The van der Waals surface area contributed by atoms with Gasteiger partial charge in [-0.15, -0.1) is 0 Å². The maximum atomic E-state index is 11.1. The molecule has 2 N–H and O–H groups in total. The van der Waals surface area contributed by atoms with Gasteiger partial charge in [0.15, 0.2) is 0 Å². The molecule has 3 nitrogen and oxygen atoms in total. The Morgan fingerprint density at radius 1 is 1.40 bits per heavy atom. The van der Waals surface area contributed by atoms with Crippen LogP contribution in [0.15, 0.2) is 18.2 Å². The Morgan fingerprint density at radius 3 is 2.53 bits per heavy atom. The number of benzene rings is 1. The molecule has 0 aromatic heterocycles.